The molecule has 1 heterocycles. The van der Waals surface area contributed by atoms with Gasteiger partial charge in [0.1, 0.15) is 0 Å². The van der Waals surface area contributed by atoms with Crippen molar-refractivity contribution in [1.82, 2.24) is 4.57 Å². The van der Waals surface area contributed by atoms with Crippen molar-refractivity contribution in [2.45, 2.75) is 27.3 Å². The van der Waals surface area contributed by atoms with Crippen LogP contribution in [0, 0.1) is 20.8 Å². The maximum atomic E-state index is 12.8. The summed E-state index contributed by atoms with van der Waals surface area (Å²) in [6.45, 7) is 6.89. The zero-order chi connectivity index (χ0) is 18.0. The summed E-state index contributed by atoms with van der Waals surface area (Å²) in [4.78, 5) is 18.0. The van der Waals surface area contributed by atoms with E-state index in [0.717, 1.165) is 33.7 Å². The number of carbonyl (C=O) groups is 1. The molecular weight excluding hydrogens is 348 g/mol. The number of hydrogen-bond acceptors (Lipinski definition) is 3. The highest BCUT2D eigenvalue weighted by Gasteiger charge is 2.11. The summed E-state index contributed by atoms with van der Waals surface area (Å²) in [5.74, 6) is 0.826. The molecule has 130 valence electrons. The van der Waals surface area contributed by atoms with Crippen molar-refractivity contribution in [2.24, 2.45) is 4.99 Å². The summed E-state index contributed by atoms with van der Waals surface area (Å²) in [5, 5.41) is 0. The van der Waals surface area contributed by atoms with E-state index in [1.54, 1.807) is 23.1 Å². The Bertz CT molecular complexity index is 999. The molecule has 0 saturated heterocycles. The maximum absolute atomic E-state index is 12.8. The smallest absolute Gasteiger partial charge is 0.279 e. The molecule has 0 aliphatic heterocycles. The zero-order valence-corrected chi connectivity index (χ0v) is 16.6. The molecule has 0 spiro atoms. The molecule has 3 nitrogen and oxygen atoms in total. The van der Waals surface area contributed by atoms with Crippen LogP contribution in [0.4, 0.5) is 0 Å². The number of fused-ring (bicyclic) bond motifs is 1. The Morgan fingerprint density at radius 3 is 2.60 bits per heavy atom. The molecule has 1 aromatic heterocycles. The third-order valence-corrected chi connectivity index (χ3v) is 5.81. The number of thioether (sulfide) groups is 1. The van der Waals surface area contributed by atoms with Crippen molar-refractivity contribution >= 4 is 39.2 Å². The number of rotatable bonds is 4. The maximum Gasteiger partial charge on any atom is 0.279 e. The van der Waals surface area contributed by atoms with Gasteiger partial charge in [0.25, 0.3) is 5.91 Å². The van der Waals surface area contributed by atoms with Gasteiger partial charge in [0.05, 0.1) is 10.2 Å². The fourth-order valence-electron chi connectivity index (χ4n) is 2.78. The van der Waals surface area contributed by atoms with Crippen molar-refractivity contribution in [3.05, 3.63) is 63.5 Å². The normalized spacial score (nSPS) is 12.1. The third kappa shape index (κ3) is 3.88. The monoisotopic (exact) mass is 370 g/mol. The SMILES string of the molecule is CSCCn1c(=NC(=O)c2cc(C)ccc2C)sc2cc(C)ccc21. The highest BCUT2D eigenvalue weighted by Crippen LogP contribution is 2.20. The van der Waals surface area contributed by atoms with E-state index in [2.05, 4.69) is 40.9 Å². The van der Waals surface area contributed by atoms with Crippen molar-refractivity contribution in [1.29, 1.82) is 0 Å². The van der Waals surface area contributed by atoms with E-state index in [1.165, 1.54) is 10.3 Å². The predicted octanol–water partition coefficient (Wildman–Crippen LogP) is 4.73. The Hall–Kier alpha value is -1.85. The number of hydrogen-bond donors (Lipinski definition) is 0. The molecule has 0 fully saturated rings. The first-order valence-electron chi connectivity index (χ1n) is 8.25. The number of thiazole rings is 1. The van der Waals surface area contributed by atoms with E-state index in [9.17, 15) is 4.79 Å². The lowest BCUT2D eigenvalue weighted by Crippen LogP contribution is -2.18. The van der Waals surface area contributed by atoms with Crippen LogP contribution in [0.2, 0.25) is 0 Å². The van der Waals surface area contributed by atoms with Gasteiger partial charge in [-0.2, -0.15) is 16.8 Å². The largest absolute Gasteiger partial charge is 0.316 e. The molecule has 0 radical (unpaired) electrons. The lowest BCUT2D eigenvalue weighted by atomic mass is 10.1. The first kappa shape index (κ1) is 18.0. The van der Waals surface area contributed by atoms with E-state index in [-0.39, 0.29) is 5.91 Å². The standard InChI is InChI=1S/C20H22N2OS2/c1-13-5-7-15(3)16(11-13)19(23)21-20-22(9-10-24-4)17-8-6-14(2)12-18(17)25-20/h5-8,11-12H,9-10H2,1-4H3. The van der Waals surface area contributed by atoms with Crippen LogP contribution in [-0.4, -0.2) is 22.5 Å². The van der Waals surface area contributed by atoms with Crippen molar-refractivity contribution in [3.63, 3.8) is 0 Å². The van der Waals surface area contributed by atoms with Crippen molar-refractivity contribution < 1.29 is 4.79 Å². The summed E-state index contributed by atoms with van der Waals surface area (Å²) in [5.41, 5.74) is 5.10. The summed E-state index contributed by atoms with van der Waals surface area (Å²) in [6.07, 6.45) is 2.09. The Morgan fingerprint density at radius 1 is 1.12 bits per heavy atom. The minimum atomic E-state index is -0.164. The highest BCUT2D eigenvalue weighted by molar-refractivity contribution is 7.98. The van der Waals surface area contributed by atoms with Crippen LogP contribution in [0.5, 0.6) is 0 Å². The average molecular weight is 371 g/mol. The quantitative estimate of drug-likeness (QED) is 0.665. The summed E-state index contributed by atoms with van der Waals surface area (Å²) in [7, 11) is 0. The Balaban J connectivity index is 2.14. The number of benzene rings is 2. The topological polar surface area (TPSA) is 34.4 Å². The fraction of sp³-hybridized carbons (Fsp3) is 0.300. The number of aromatic nitrogens is 1. The molecule has 0 saturated carbocycles. The van der Waals surface area contributed by atoms with Crippen LogP contribution in [0.1, 0.15) is 27.0 Å². The fourth-order valence-corrected chi connectivity index (χ4v) is 4.30. The number of amides is 1. The van der Waals surface area contributed by atoms with Gasteiger partial charge in [0.15, 0.2) is 4.80 Å². The van der Waals surface area contributed by atoms with Crippen molar-refractivity contribution in [2.75, 3.05) is 12.0 Å². The van der Waals surface area contributed by atoms with Crippen LogP contribution in [-0.2, 0) is 6.54 Å². The summed E-state index contributed by atoms with van der Waals surface area (Å²) in [6, 6.07) is 12.3. The van der Waals surface area contributed by atoms with Gasteiger partial charge in [-0.05, 0) is 56.4 Å². The molecule has 2 aromatic carbocycles. The molecule has 0 aliphatic carbocycles. The highest BCUT2D eigenvalue weighted by atomic mass is 32.2. The molecule has 25 heavy (non-hydrogen) atoms. The van der Waals surface area contributed by atoms with Gasteiger partial charge in [-0.25, -0.2) is 0 Å². The summed E-state index contributed by atoms with van der Waals surface area (Å²) >= 11 is 3.38. The second kappa shape index (κ2) is 7.58. The van der Waals surface area contributed by atoms with Gasteiger partial charge in [-0.1, -0.05) is 35.1 Å². The van der Waals surface area contributed by atoms with Gasteiger partial charge < -0.3 is 4.57 Å². The van der Waals surface area contributed by atoms with Crippen LogP contribution in [0.25, 0.3) is 10.2 Å². The molecule has 0 N–H and O–H groups in total. The van der Waals surface area contributed by atoms with E-state index in [0.29, 0.717) is 5.56 Å². The Morgan fingerprint density at radius 2 is 1.84 bits per heavy atom. The number of carbonyl (C=O) groups excluding carboxylic acids is 1. The first-order chi connectivity index (χ1) is 12.0. The van der Waals surface area contributed by atoms with Crippen LogP contribution < -0.4 is 4.80 Å². The molecule has 1 amide bonds. The molecule has 3 aromatic rings. The molecular formula is C20H22N2OS2. The van der Waals surface area contributed by atoms with E-state index in [1.807, 2.05) is 32.0 Å². The second-order valence-electron chi connectivity index (χ2n) is 6.24. The number of aryl methyl sites for hydroxylation is 4. The molecule has 0 unspecified atom stereocenters. The predicted molar refractivity (Wildman–Crippen MR) is 109 cm³/mol. The van der Waals surface area contributed by atoms with Gasteiger partial charge in [0, 0.05) is 17.9 Å². The van der Waals surface area contributed by atoms with Gasteiger partial charge >= 0.3 is 0 Å². The summed E-state index contributed by atoms with van der Waals surface area (Å²) < 4.78 is 3.34. The molecule has 0 aliphatic rings. The van der Waals surface area contributed by atoms with E-state index < -0.39 is 0 Å². The number of nitrogens with zero attached hydrogens (tertiary/aromatic N) is 2. The van der Waals surface area contributed by atoms with E-state index >= 15 is 0 Å². The lowest BCUT2D eigenvalue weighted by molar-refractivity contribution is 0.0997. The molecule has 0 atom stereocenters. The molecule has 0 bridgehead atoms. The van der Waals surface area contributed by atoms with Gasteiger partial charge in [-0.15, -0.1) is 0 Å². The lowest BCUT2D eigenvalue weighted by Gasteiger charge is -2.05. The van der Waals surface area contributed by atoms with Gasteiger partial charge in [0.2, 0.25) is 0 Å². The zero-order valence-electron chi connectivity index (χ0n) is 15.0. The first-order valence-corrected chi connectivity index (χ1v) is 10.5. The average Bonchev–Trinajstić information content (AvgIpc) is 2.91. The minimum Gasteiger partial charge on any atom is -0.316 e. The Kier molecular flexibility index (Phi) is 5.45. The molecule has 5 heteroatoms. The minimum absolute atomic E-state index is 0.164. The van der Waals surface area contributed by atoms with Crippen LogP contribution in [0.3, 0.4) is 0 Å². The molecule has 3 rings (SSSR count). The Labute approximate surface area is 156 Å². The van der Waals surface area contributed by atoms with Crippen LogP contribution >= 0.6 is 23.1 Å². The van der Waals surface area contributed by atoms with Gasteiger partial charge in [-0.3, -0.25) is 4.79 Å². The van der Waals surface area contributed by atoms with Crippen LogP contribution in [0.15, 0.2) is 41.4 Å². The van der Waals surface area contributed by atoms with E-state index in [4.69, 9.17) is 0 Å². The van der Waals surface area contributed by atoms with Crippen molar-refractivity contribution in [3.8, 4) is 0 Å². The second-order valence-corrected chi connectivity index (χ2v) is 8.23. The third-order valence-electron chi connectivity index (χ3n) is 4.18.